The van der Waals surface area contributed by atoms with Gasteiger partial charge in [-0.3, -0.25) is 4.90 Å². The maximum atomic E-state index is 6.29. The van der Waals surface area contributed by atoms with Gasteiger partial charge in [-0.25, -0.2) is 0 Å². The van der Waals surface area contributed by atoms with Gasteiger partial charge in [-0.05, 0) is 41.8 Å². The Hall–Kier alpha value is -2.65. The molecule has 7 heteroatoms. The summed E-state index contributed by atoms with van der Waals surface area (Å²) in [7, 11) is 0. The first kappa shape index (κ1) is 22.8. The average Bonchev–Trinajstić information content (AvgIpc) is 3.50. The first-order valence-electron chi connectivity index (χ1n) is 12.3. The zero-order valence-corrected chi connectivity index (χ0v) is 22.0. The Kier molecular flexibility index (Phi) is 6.14. The SMILES string of the molecule is CC(CN1CCN(c2ccccc2Oc2ccc3c(c2)OCO3)CC1)C1(I)CNc2ccccc21. The molecule has 2 atom stereocenters. The highest BCUT2D eigenvalue weighted by Crippen LogP contribution is 2.47. The van der Waals surface area contributed by atoms with Crippen molar-refractivity contribution in [3.63, 3.8) is 0 Å². The molecular formula is C28H30IN3O3. The van der Waals surface area contributed by atoms with Crippen LogP contribution in [0.1, 0.15) is 12.5 Å². The van der Waals surface area contributed by atoms with Gasteiger partial charge in [0.15, 0.2) is 17.2 Å². The summed E-state index contributed by atoms with van der Waals surface area (Å²) in [5.74, 6) is 3.67. The van der Waals surface area contributed by atoms with Gasteiger partial charge in [0.2, 0.25) is 6.79 Å². The minimum absolute atomic E-state index is 0.135. The fourth-order valence-corrected chi connectivity index (χ4v) is 6.19. The zero-order chi connectivity index (χ0) is 23.8. The Balaban J connectivity index is 1.10. The van der Waals surface area contributed by atoms with E-state index in [1.165, 1.54) is 11.3 Å². The lowest BCUT2D eigenvalue weighted by molar-refractivity contribution is 0.174. The van der Waals surface area contributed by atoms with Crippen LogP contribution in [0.25, 0.3) is 0 Å². The second-order valence-electron chi connectivity index (χ2n) is 9.54. The summed E-state index contributed by atoms with van der Waals surface area (Å²) in [6.45, 7) is 8.82. The van der Waals surface area contributed by atoms with Gasteiger partial charge in [0, 0.05) is 51.0 Å². The van der Waals surface area contributed by atoms with E-state index in [1.807, 2.05) is 30.3 Å². The molecule has 6 rings (SSSR count). The third-order valence-corrected chi connectivity index (χ3v) is 9.40. The smallest absolute Gasteiger partial charge is 0.231 e. The maximum absolute atomic E-state index is 6.29. The molecule has 1 N–H and O–H groups in total. The molecule has 0 saturated carbocycles. The number of fused-ring (bicyclic) bond motifs is 2. The molecule has 3 aliphatic heterocycles. The maximum Gasteiger partial charge on any atom is 0.231 e. The average molecular weight is 583 g/mol. The Morgan fingerprint density at radius 2 is 1.74 bits per heavy atom. The number of benzene rings is 3. The van der Waals surface area contributed by atoms with E-state index in [-0.39, 0.29) is 10.2 Å². The van der Waals surface area contributed by atoms with Crippen LogP contribution in [0.3, 0.4) is 0 Å². The fourth-order valence-electron chi connectivity index (χ4n) is 5.33. The number of alkyl halides is 1. The van der Waals surface area contributed by atoms with Crippen molar-refractivity contribution in [3.05, 3.63) is 72.3 Å². The number of para-hydroxylation sites is 3. The minimum Gasteiger partial charge on any atom is -0.455 e. The van der Waals surface area contributed by atoms with E-state index in [0.29, 0.717) is 5.92 Å². The van der Waals surface area contributed by atoms with Crippen molar-refractivity contribution in [1.29, 1.82) is 0 Å². The Labute approximate surface area is 220 Å². The van der Waals surface area contributed by atoms with Gasteiger partial charge in [0.1, 0.15) is 5.75 Å². The number of ether oxygens (including phenoxy) is 3. The molecule has 3 aromatic rings. The number of anilines is 2. The third kappa shape index (κ3) is 4.40. The van der Waals surface area contributed by atoms with Crippen molar-refractivity contribution in [2.75, 3.05) is 56.3 Å². The number of halogens is 1. The number of rotatable bonds is 6. The molecule has 0 spiro atoms. The highest BCUT2D eigenvalue weighted by atomic mass is 127. The molecule has 1 saturated heterocycles. The third-order valence-electron chi connectivity index (χ3n) is 7.37. The summed E-state index contributed by atoms with van der Waals surface area (Å²) in [6, 6.07) is 22.8. The Morgan fingerprint density at radius 3 is 2.63 bits per heavy atom. The van der Waals surface area contributed by atoms with E-state index >= 15 is 0 Å². The van der Waals surface area contributed by atoms with E-state index in [4.69, 9.17) is 14.2 Å². The standard InChI is InChI=1S/C28H30IN3O3/c1-20(28(29)18-30-23-7-3-2-6-22(23)28)17-31-12-14-32(15-13-31)24-8-4-5-9-25(24)35-21-10-11-26-27(16-21)34-19-33-26/h2-11,16,20,30H,12-15,17-19H2,1H3. The number of piperazine rings is 1. The number of hydrogen-bond donors (Lipinski definition) is 1. The number of nitrogens with zero attached hydrogens (tertiary/aromatic N) is 2. The van der Waals surface area contributed by atoms with Crippen LogP contribution in [0.2, 0.25) is 0 Å². The molecule has 0 radical (unpaired) electrons. The van der Waals surface area contributed by atoms with E-state index in [0.717, 1.165) is 68.0 Å². The summed E-state index contributed by atoms with van der Waals surface area (Å²) in [4.78, 5) is 5.06. The molecule has 3 aromatic carbocycles. The van der Waals surface area contributed by atoms with E-state index in [1.54, 1.807) is 0 Å². The van der Waals surface area contributed by atoms with Gasteiger partial charge in [-0.1, -0.05) is 59.8 Å². The van der Waals surface area contributed by atoms with Crippen LogP contribution in [-0.2, 0) is 3.42 Å². The summed E-state index contributed by atoms with van der Waals surface area (Å²) in [6.07, 6.45) is 0. The van der Waals surface area contributed by atoms with Crippen molar-refractivity contribution in [2.45, 2.75) is 10.3 Å². The topological polar surface area (TPSA) is 46.2 Å². The van der Waals surface area contributed by atoms with Crippen molar-refractivity contribution in [3.8, 4) is 23.0 Å². The summed E-state index contributed by atoms with van der Waals surface area (Å²) < 4.78 is 17.4. The van der Waals surface area contributed by atoms with E-state index in [2.05, 4.69) is 81.0 Å². The molecule has 0 bridgehead atoms. The normalized spacial score (nSPS) is 21.9. The molecular weight excluding hydrogens is 553 g/mol. The largest absolute Gasteiger partial charge is 0.455 e. The summed E-state index contributed by atoms with van der Waals surface area (Å²) >= 11 is 2.69. The molecule has 3 aliphatic rings. The van der Waals surface area contributed by atoms with Crippen molar-refractivity contribution < 1.29 is 14.2 Å². The van der Waals surface area contributed by atoms with Gasteiger partial charge in [0.25, 0.3) is 0 Å². The number of hydrogen-bond acceptors (Lipinski definition) is 6. The predicted molar refractivity (Wildman–Crippen MR) is 148 cm³/mol. The van der Waals surface area contributed by atoms with Crippen molar-refractivity contribution >= 4 is 34.0 Å². The molecule has 182 valence electrons. The molecule has 6 nitrogen and oxygen atoms in total. The van der Waals surface area contributed by atoms with Gasteiger partial charge in [-0.2, -0.15) is 0 Å². The predicted octanol–water partition coefficient (Wildman–Crippen LogP) is 5.72. The van der Waals surface area contributed by atoms with Crippen LogP contribution in [-0.4, -0.2) is 51.0 Å². The Bertz CT molecular complexity index is 1210. The van der Waals surface area contributed by atoms with Gasteiger partial charge < -0.3 is 24.4 Å². The Morgan fingerprint density at radius 1 is 0.971 bits per heavy atom. The summed E-state index contributed by atoms with van der Waals surface area (Å²) in [5, 5.41) is 3.61. The molecule has 35 heavy (non-hydrogen) atoms. The second-order valence-corrected chi connectivity index (χ2v) is 11.5. The zero-order valence-electron chi connectivity index (χ0n) is 19.9. The lowest BCUT2D eigenvalue weighted by atomic mass is 9.88. The molecule has 3 heterocycles. The highest BCUT2D eigenvalue weighted by Gasteiger charge is 2.41. The molecule has 0 aromatic heterocycles. The highest BCUT2D eigenvalue weighted by molar-refractivity contribution is 14.1. The quantitative estimate of drug-likeness (QED) is 0.296. The second kappa shape index (κ2) is 9.43. The molecule has 0 aliphatic carbocycles. The summed E-state index contributed by atoms with van der Waals surface area (Å²) in [5.41, 5.74) is 3.87. The van der Waals surface area contributed by atoms with Gasteiger partial charge in [-0.15, -0.1) is 0 Å². The first-order chi connectivity index (χ1) is 17.1. The van der Waals surface area contributed by atoms with Crippen LogP contribution >= 0.6 is 22.6 Å². The first-order valence-corrected chi connectivity index (χ1v) is 13.3. The lowest BCUT2D eigenvalue weighted by Gasteiger charge is -2.40. The van der Waals surface area contributed by atoms with E-state index < -0.39 is 0 Å². The van der Waals surface area contributed by atoms with Gasteiger partial charge >= 0.3 is 0 Å². The van der Waals surface area contributed by atoms with Crippen LogP contribution in [0.15, 0.2) is 66.7 Å². The molecule has 2 unspecified atom stereocenters. The minimum atomic E-state index is 0.135. The molecule has 0 amide bonds. The lowest BCUT2D eigenvalue weighted by Crippen LogP contribution is -2.49. The van der Waals surface area contributed by atoms with Crippen LogP contribution in [0.4, 0.5) is 11.4 Å². The van der Waals surface area contributed by atoms with Gasteiger partial charge in [0.05, 0.1) is 9.11 Å². The van der Waals surface area contributed by atoms with Crippen LogP contribution in [0, 0.1) is 5.92 Å². The fraction of sp³-hybridized carbons (Fsp3) is 0.357. The number of nitrogens with one attached hydrogen (secondary N) is 1. The molecule has 1 fully saturated rings. The van der Waals surface area contributed by atoms with E-state index in [9.17, 15) is 0 Å². The van der Waals surface area contributed by atoms with Crippen LogP contribution < -0.4 is 24.4 Å². The monoisotopic (exact) mass is 583 g/mol. The van der Waals surface area contributed by atoms with Crippen LogP contribution in [0.5, 0.6) is 23.0 Å². The van der Waals surface area contributed by atoms with Crippen molar-refractivity contribution in [2.24, 2.45) is 5.92 Å². The van der Waals surface area contributed by atoms with Crippen molar-refractivity contribution in [1.82, 2.24) is 4.90 Å².